The number of allylic oxidation sites excluding steroid dienone is 2. The molecule has 1 N–H and O–H groups in total. The van der Waals surface area contributed by atoms with Gasteiger partial charge in [-0.1, -0.05) is 148 Å². The highest BCUT2D eigenvalue weighted by molar-refractivity contribution is 7.58. The number of amides is 1. The number of carbonyl (C=O) groups excluding carboxylic acids is 9. The molecule has 2 aromatic carbocycles. The molecular weight excluding hydrogens is 1260 g/mol. The molecule has 0 saturated carbocycles. The highest BCUT2D eigenvalue weighted by atomic mass is 31.2. The van der Waals surface area contributed by atoms with Crippen molar-refractivity contribution in [2.45, 2.75) is 210 Å². The summed E-state index contributed by atoms with van der Waals surface area (Å²) >= 11 is 0. The Labute approximate surface area is 573 Å². The minimum absolute atomic E-state index is 0.0440. The number of esters is 6. The lowest BCUT2D eigenvalue weighted by atomic mass is 10.1. The van der Waals surface area contributed by atoms with Gasteiger partial charge in [-0.2, -0.15) is 0 Å². The Morgan fingerprint density at radius 1 is 0.463 bits per heavy atom. The van der Waals surface area contributed by atoms with Gasteiger partial charge in [0.15, 0.2) is 18.9 Å². The Hall–Kier alpha value is -6.07. The number of nitrogens with one attached hydrogen (secondary N) is 1. The van der Waals surface area contributed by atoms with Gasteiger partial charge in [0.1, 0.15) is 18.3 Å². The maximum atomic E-state index is 11.9. The molecule has 0 bridgehead atoms. The fourth-order valence-corrected chi connectivity index (χ4v) is 7.11. The summed E-state index contributed by atoms with van der Waals surface area (Å²) in [6, 6.07) is 14.2. The van der Waals surface area contributed by atoms with E-state index in [1.807, 2.05) is 116 Å². The normalized spacial score (nSPS) is 12.8. The lowest BCUT2D eigenvalue weighted by molar-refractivity contribution is -0.147. The third kappa shape index (κ3) is 70.6. The summed E-state index contributed by atoms with van der Waals surface area (Å²) < 4.78 is 63.1. The van der Waals surface area contributed by atoms with Crippen LogP contribution in [0.3, 0.4) is 0 Å². The number of aryl methyl sites for hydroxylation is 1. The Morgan fingerprint density at radius 2 is 0.853 bits per heavy atom. The summed E-state index contributed by atoms with van der Waals surface area (Å²) in [4.78, 5) is 97.3. The lowest BCUT2D eigenvalue weighted by Crippen LogP contribution is -2.24. The van der Waals surface area contributed by atoms with E-state index in [4.69, 9.17) is 32.7 Å². The second-order valence-electron chi connectivity index (χ2n) is 25.9. The first kappa shape index (κ1) is 100.0. The zero-order valence-corrected chi connectivity index (χ0v) is 65.4. The van der Waals surface area contributed by atoms with Crippen LogP contribution in [0.25, 0.3) is 0 Å². The SMILES string of the molecule is CC(=O)/C=C/C(=O)OC(C)C(C)C.CC(=O)/C=C/C(=O)OCC(C)C.CC(=O)NCC(C)C.CC(=O)OC(C)C(C)C.CCC(C)C.COC(=O)CC(C)C.COP(C)(=O)CCc1ccc(C(=O)OC(C)C(C)C)cc1.COP(C)(=O)Cc1ccc(C(=O)OCC(C)C)cc1. The number of carbonyl (C=O) groups is 9. The monoisotopic (exact) mass is 1380 g/mol. The van der Waals surface area contributed by atoms with Crippen LogP contribution < -0.4 is 5.32 Å². The summed E-state index contributed by atoms with van der Waals surface area (Å²) in [6.07, 6.45) is 7.87. The van der Waals surface area contributed by atoms with Crippen LogP contribution in [0.4, 0.5) is 0 Å². The van der Waals surface area contributed by atoms with Crippen LogP contribution in [-0.4, -0.2) is 132 Å². The minimum atomic E-state index is -2.58. The zero-order chi connectivity index (χ0) is 75.4. The smallest absolute Gasteiger partial charge is 0.338 e. The molecule has 95 heavy (non-hydrogen) atoms. The fraction of sp³-hybridized carbons (Fsp3) is 0.658. The van der Waals surface area contributed by atoms with E-state index in [-0.39, 0.29) is 65.6 Å². The van der Waals surface area contributed by atoms with Crippen LogP contribution >= 0.6 is 14.7 Å². The van der Waals surface area contributed by atoms with Crippen molar-refractivity contribution in [2.24, 2.45) is 47.3 Å². The molecule has 5 atom stereocenters. The van der Waals surface area contributed by atoms with Gasteiger partial charge in [0.2, 0.25) is 13.3 Å². The van der Waals surface area contributed by atoms with Crippen LogP contribution in [0.1, 0.15) is 211 Å². The van der Waals surface area contributed by atoms with Crippen LogP contribution in [-0.2, 0) is 92.7 Å². The molecule has 0 heterocycles. The van der Waals surface area contributed by atoms with E-state index in [9.17, 15) is 52.3 Å². The predicted molar refractivity (Wildman–Crippen MR) is 383 cm³/mol. The Morgan fingerprint density at radius 3 is 1.17 bits per heavy atom. The molecule has 0 fully saturated rings. The van der Waals surface area contributed by atoms with Crippen LogP contribution in [0.2, 0.25) is 0 Å². The quantitative estimate of drug-likeness (QED) is 0.0359. The van der Waals surface area contributed by atoms with Crippen LogP contribution in [0, 0.1) is 47.3 Å². The van der Waals surface area contributed by atoms with Gasteiger partial charge in [-0.25, -0.2) is 19.2 Å². The molecule has 0 radical (unpaired) electrons. The first-order valence-electron chi connectivity index (χ1n) is 32.7. The Bertz CT molecular complexity index is 2600. The molecule has 0 saturated heterocycles. The second kappa shape index (κ2) is 58.1. The fourth-order valence-electron chi connectivity index (χ4n) is 5.26. The molecule has 22 heteroatoms. The van der Waals surface area contributed by atoms with E-state index < -0.39 is 26.7 Å². The van der Waals surface area contributed by atoms with E-state index in [1.54, 1.807) is 49.7 Å². The molecule has 2 aromatic rings. The molecular formula is C73H127NO19P2. The average molecular weight is 1380 g/mol. The maximum absolute atomic E-state index is 11.9. The third-order valence-electron chi connectivity index (χ3n) is 12.6. The zero-order valence-electron chi connectivity index (χ0n) is 63.6. The number of hydrogen-bond donors (Lipinski definition) is 1. The van der Waals surface area contributed by atoms with Crippen molar-refractivity contribution < 1.29 is 89.7 Å². The number of hydrogen-bond acceptors (Lipinski definition) is 19. The summed E-state index contributed by atoms with van der Waals surface area (Å²) in [7, 11) is -0.749. The average Bonchev–Trinajstić information content (AvgIpc) is 0.974. The lowest BCUT2D eigenvalue weighted by Gasteiger charge is -2.16. The molecule has 0 aliphatic carbocycles. The number of ether oxygens (including phenoxy) is 6. The van der Waals surface area contributed by atoms with Gasteiger partial charge in [0.25, 0.3) is 0 Å². The summed E-state index contributed by atoms with van der Waals surface area (Å²) in [6.45, 7) is 50.8. The molecule has 5 unspecified atom stereocenters. The van der Waals surface area contributed by atoms with Gasteiger partial charge in [0, 0.05) is 78.8 Å². The van der Waals surface area contributed by atoms with Gasteiger partial charge in [0.05, 0.1) is 31.5 Å². The van der Waals surface area contributed by atoms with E-state index in [0.717, 1.165) is 35.7 Å². The summed E-state index contributed by atoms with van der Waals surface area (Å²) in [5, 5.41) is 2.71. The third-order valence-corrected chi connectivity index (χ3v) is 16.1. The Kier molecular flexibility index (Phi) is 61.2. The van der Waals surface area contributed by atoms with Crippen molar-refractivity contribution in [3.63, 3.8) is 0 Å². The minimum Gasteiger partial charge on any atom is -0.469 e. The number of benzene rings is 2. The first-order valence-corrected chi connectivity index (χ1v) is 37.2. The molecule has 0 aromatic heterocycles. The largest absolute Gasteiger partial charge is 0.469 e. The van der Waals surface area contributed by atoms with Crippen molar-refractivity contribution in [1.29, 1.82) is 0 Å². The molecule has 0 spiro atoms. The predicted octanol–water partition coefficient (Wildman–Crippen LogP) is 16.2. The highest BCUT2D eigenvalue weighted by Gasteiger charge is 2.18. The van der Waals surface area contributed by atoms with Crippen LogP contribution in [0.15, 0.2) is 72.8 Å². The van der Waals surface area contributed by atoms with Gasteiger partial charge >= 0.3 is 35.8 Å². The van der Waals surface area contributed by atoms with Crippen LogP contribution in [0.5, 0.6) is 0 Å². The molecule has 2 rings (SSSR count). The number of rotatable bonds is 28. The standard InChI is InChI=1S/C16H25O4P.C14H21O4P.C10H16O3.C9H14O3.C7H14O2.C6H13NO.C6H12O2.C5H12/c1-12(2)13(3)20-16(17)15-8-6-14(7-9-15)10-11-21(5,18)19-4;1-11(2)9-18-14(15)13-7-5-12(6-8-13)10-19(4,16)17-3;1-7(2)9(4)13-10(12)6-5-8(3)11;1-7(2)6-12-9(11)5-4-8(3)10;1-5(2)6(3)9-7(4)8;1-5(2)4-7-6(3)8;1-5(2)4-6(7)8-3;1-4-5(2)3/h6-9,12-13H,10-11H2,1-5H3;5-8,11H,9-10H2,1-4H3;5-7,9H,1-4H3;4-5,7H,6H2,1-3H3;5-6H,1-4H3;5H,4H2,1-3H3,(H,7,8);5H,4H2,1-3H3;5H,4H2,1-3H3/b;;6-5+;5-4+;;;;. The van der Waals surface area contributed by atoms with E-state index in [0.29, 0.717) is 85.0 Å². The van der Waals surface area contributed by atoms with E-state index in [1.165, 1.54) is 67.6 Å². The van der Waals surface area contributed by atoms with Crippen molar-refractivity contribution in [3.8, 4) is 0 Å². The van der Waals surface area contributed by atoms with E-state index >= 15 is 0 Å². The summed E-state index contributed by atoms with van der Waals surface area (Å²) in [5.41, 5.74) is 2.96. The van der Waals surface area contributed by atoms with Gasteiger partial charge in [-0.05, 0) is 136 Å². The highest BCUT2D eigenvalue weighted by Crippen LogP contribution is 2.45. The molecule has 1 amide bonds. The van der Waals surface area contributed by atoms with Gasteiger partial charge < -0.3 is 42.8 Å². The van der Waals surface area contributed by atoms with Crippen molar-refractivity contribution in [2.75, 3.05) is 60.6 Å². The number of ketones is 2. The van der Waals surface area contributed by atoms with Gasteiger partial charge in [-0.3, -0.25) is 33.1 Å². The second-order valence-corrected chi connectivity index (χ2v) is 31.5. The number of methoxy groups -OCH3 is 1. The van der Waals surface area contributed by atoms with Crippen molar-refractivity contribution >= 4 is 68.0 Å². The molecule has 548 valence electrons. The molecule has 0 aliphatic rings. The first-order chi connectivity index (χ1) is 43.6. The summed E-state index contributed by atoms with van der Waals surface area (Å²) in [5.74, 6) is 1.33. The Balaban J connectivity index is -0.000000247. The van der Waals surface area contributed by atoms with Crippen molar-refractivity contribution in [3.05, 3.63) is 95.1 Å². The van der Waals surface area contributed by atoms with Gasteiger partial charge in [-0.15, -0.1) is 0 Å². The molecule has 20 nitrogen and oxygen atoms in total. The molecule has 0 aliphatic heterocycles. The van der Waals surface area contributed by atoms with E-state index in [2.05, 4.69) is 44.7 Å². The van der Waals surface area contributed by atoms with Crippen molar-refractivity contribution in [1.82, 2.24) is 5.32 Å². The maximum Gasteiger partial charge on any atom is 0.338 e. The topological polar surface area (TPSA) is 274 Å².